The SMILES string of the molecule is C[C@@H](C(=O)Nc1ccc(F)c(F)c1)N(C)CCCc1cc(-c2ccc(F)cc2)n(C)n1. The van der Waals surface area contributed by atoms with E-state index in [0.29, 0.717) is 6.54 Å². The summed E-state index contributed by atoms with van der Waals surface area (Å²) >= 11 is 0. The van der Waals surface area contributed by atoms with Gasteiger partial charge in [-0.1, -0.05) is 0 Å². The zero-order valence-electron chi connectivity index (χ0n) is 17.7. The fraction of sp³-hybridized carbons (Fsp3) is 0.304. The molecule has 164 valence electrons. The molecule has 0 saturated heterocycles. The zero-order valence-corrected chi connectivity index (χ0v) is 17.7. The van der Waals surface area contributed by atoms with Crippen LogP contribution in [0.2, 0.25) is 0 Å². The van der Waals surface area contributed by atoms with Gasteiger partial charge in [0.15, 0.2) is 11.6 Å². The number of likely N-dealkylation sites (N-methyl/N-ethyl adjacent to an activating group) is 1. The van der Waals surface area contributed by atoms with Crippen LogP contribution in [0, 0.1) is 17.5 Å². The number of benzene rings is 2. The molecule has 1 atom stereocenters. The number of hydrogen-bond acceptors (Lipinski definition) is 3. The van der Waals surface area contributed by atoms with Gasteiger partial charge in [-0.05, 0) is 81.4 Å². The van der Waals surface area contributed by atoms with Gasteiger partial charge in [0.05, 0.1) is 17.4 Å². The predicted octanol–water partition coefficient (Wildman–Crippen LogP) is 4.40. The number of nitrogens with zero attached hydrogens (tertiary/aromatic N) is 3. The van der Waals surface area contributed by atoms with Gasteiger partial charge in [0.25, 0.3) is 0 Å². The first-order chi connectivity index (χ1) is 14.7. The van der Waals surface area contributed by atoms with Crippen molar-refractivity contribution >= 4 is 11.6 Å². The van der Waals surface area contributed by atoms with Crippen molar-refractivity contribution in [1.82, 2.24) is 14.7 Å². The molecule has 0 unspecified atom stereocenters. The Morgan fingerprint density at radius 2 is 1.81 bits per heavy atom. The molecule has 31 heavy (non-hydrogen) atoms. The van der Waals surface area contributed by atoms with Gasteiger partial charge in [0, 0.05) is 18.8 Å². The maximum absolute atomic E-state index is 13.3. The number of halogens is 3. The van der Waals surface area contributed by atoms with Crippen LogP contribution in [0.4, 0.5) is 18.9 Å². The molecule has 0 bridgehead atoms. The Hall–Kier alpha value is -3.13. The van der Waals surface area contributed by atoms with Crippen LogP contribution in [0.1, 0.15) is 19.0 Å². The molecular weight excluding hydrogens is 405 g/mol. The van der Waals surface area contributed by atoms with Gasteiger partial charge in [-0.25, -0.2) is 13.2 Å². The van der Waals surface area contributed by atoms with Gasteiger partial charge in [-0.2, -0.15) is 5.10 Å². The van der Waals surface area contributed by atoms with Crippen LogP contribution in [0.25, 0.3) is 11.3 Å². The van der Waals surface area contributed by atoms with Gasteiger partial charge in [-0.15, -0.1) is 0 Å². The van der Waals surface area contributed by atoms with E-state index < -0.39 is 17.7 Å². The lowest BCUT2D eigenvalue weighted by molar-refractivity contribution is -0.120. The first-order valence-electron chi connectivity index (χ1n) is 9.99. The largest absolute Gasteiger partial charge is 0.325 e. The van der Waals surface area contributed by atoms with E-state index in [2.05, 4.69) is 10.4 Å². The fourth-order valence-corrected chi connectivity index (χ4v) is 3.26. The third-order valence-corrected chi connectivity index (χ3v) is 5.24. The number of amides is 1. The highest BCUT2D eigenvalue weighted by Crippen LogP contribution is 2.21. The number of aromatic nitrogens is 2. The molecule has 1 aromatic heterocycles. The number of anilines is 1. The van der Waals surface area contributed by atoms with E-state index in [4.69, 9.17) is 0 Å². The van der Waals surface area contributed by atoms with Crippen LogP contribution < -0.4 is 5.32 Å². The summed E-state index contributed by atoms with van der Waals surface area (Å²) in [4.78, 5) is 14.3. The topological polar surface area (TPSA) is 50.2 Å². The third-order valence-electron chi connectivity index (χ3n) is 5.24. The number of carbonyl (C=O) groups excluding carboxylic acids is 1. The highest BCUT2D eigenvalue weighted by molar-refractivity contribution is 5.94. The van der Waals surface area contributed by atoms with E-state index in [0.717, 1.165) is 41.9 Å². The summed E-state index contributed by atoms with van der Waals surface area (Å²) in [5.41, 5.74) is 2.92. The first-order valence-corrected chi connectivity index (χ1v) is 9.99. The lowest BCUT2D eigenvalue weighted by atomic mass is 10.1. The minimum atomic E-state index is -1.01. The average Bonchev–Trinajstić information content (AvgIpc) is 3.11. The molecule has 0 spiro atoms. The lowest BCUT2D eigenvalue weighted by Crippen LogP contribution is -2.40. The average molecular weight is 430 g/mol. The second-order valence-electron chi connectivity index (χ2n) is 7.53. The fourth-order valence-electron chi connectivity index (χ4n) is 3.26. The second kappa shape index (κ2) is 9.78. The summed E-state index contributed by atoms with van der Waals surface area (Å²) in [5.74, 6) is -2.55. The number of hydrogen-bond donors (Lipinski definition) is 1. The molecule has 0 saturated carbocycles. The molecule has 0 radical (unpaired) electrons. The van der Waals surface area contributed by atoms with Gasteiger partial charge >= 0.3 is 0 Å². The van der Waals surface area contributed by atoms with Crippen molar-refractivity contribution < 1.29 is 18.0 Å². The van der Waals surface area contributed by atoms with E-state index in [1.165, 1.54) is 18.2 Å². The quantitative estimate of drug-likeness (QED) is 0.577. The number of nitrogens with one attached hydrogen (secondary N) is 1. The minimum absolute atomic E-state index is 0.214. The molecule has 1 heterocycles. The minimum Gasteiger partial charge on any atom is -0.325 e. The Balaban J connectivity index is 1.51. The molecule has 1 amide bonds. The van der Waals surface area contributed by atoms with E-state index in [1.54, 1.807) is 23.7 Å². The molecule has 3 aromatic rings. The van der Waals surface area contributed by atoms with Crippen molar-refractivity contribution in [2.75, 3.05) is 18.9 Å². The van der Waals surface area contributed by atoms with Gasteiger partial charge in [0.1, 0.15) is 5.82 Å². The standard InChI is InChI=1S/C23H25F3N4O/c1-15(23(31)27-18-10-11-20(25)21(26)13-18)29(2)12-4-5-19-14-22(30(3)28-19)16-6-8-17(24)9-7-16/h6-11,13-15H,4-5,12H2,1-3H3,(H,27,31)/t15-/m0/s1. The summed E-state index contributed by atoms with van der Waals surface area (Å²) in [7, 11) is 3.68. The molecule has 3 rings (SSSR count). The lowest BCUT2D eigenvalue weighted by Gasteiger charge is -2.23. The van der Waals surface area contributed by atoms with Crippen molar-refractivity contribution in [3.8, 4) is 11.3 Å². The van der Waals surface area contributed by atoms with Crippen LogP contribution in [0.5, 0.6) is 0 Å². The molecular formula is C23H25F3N4O. The van der Waals surface area contributed by atoms with Crippen LogP contribution in [-0.4, -0.2) is 40.2 Å². The molecule has 0 aliphatic carbocycles. The Morgan fingerprint density at radius 1 is 1.10 bits per heavy atom. The summed E-state index contributed by atoms with van der Waals surface area (Å²) in [5, 5.41) is 7.12. The Labute approximate surface area is 179 Å². The monoisotopic (exact) mass is 430 g/mol. The maximum atomic E-state index is 13.3. The number of carbonyl (C=O) groups is 1. The molecule has 0 aliphatic rings. The van der Waals surface area contributed by atoms with E-state index >= 15 is 0 Å². The molecule has 5 nitrogen and oxygen atoms in total. The Bertz CT molecular complexity index is 1050. The molecule has 0 aliphatic heterocycles. The Morgan fingerprint density at radius 3 is 2.48 bits per heavy atom. The van der Waals surface area contributed by atoms with Gasteiger partial charge < -0.3 is 5.32 Å². The smallest absolute Gasteiger partial charge is 0.241 e. The van der Waals surface area contributed by atoms with Crippen molar-refractivity contribution in [1.29, 1.82) is 0 Å². The highest BCUT2D eigenvalue weighted by Gasteiger charge is 2.18. The van der Waals surface area contributed by atoms with Crippen molar-refractivity contribution in [3.05, 3.63) is 71.7 Å². The van der Waals surface area contributed by atoms with Crippen molar-refractivity contribution in [2.45, 2.75) is 25.8 Å². The number of aryl methyl sites for hydroxylation is 2. The summed E-state index contributed by atoms with van der Waals surface area (Å²) in [6.07, 6.45) is 1.50. The van der Waals surface area contributed by atoms with Crippen LogP contribution in [0.3, 0.4) is 0 Å². The van der Waals surface area contributed by atoms with Crippen LogP contribution in [0.15, 0.2) is 48.5 Å². The molecule has 8 heteroatoms. The summed E-state index contributed by atoms with van der Waals surface area (Å²) in [6.45, 7) is 2.40. The highest BCUT2D eigenvalue weighted by atomic mass is 19.2. The third kappa shape index (κ3) is 5.73. The van der Waals surface area contributed by atoms with Gasteiger partial charge in [-0.3, -0.25) is 14.4 Å². The zero-order chi connectivity index (χ0) is 22.5. The summed E-state index contributed by atoms with van der Waals surface area (Å²) in [6, 6.07) is 11.1. The van der Waals surface area contributed by atoms with Crippen LogP contribution in [-0.2, 0) is 18.3 Å². The predicted molar refractivity (Wildman–Crippen MR) is 114 cm³/mol. The first kappa shape index (κ1) is 22.6. The van der Waals surface area contributed by atoms with E-state index in [1.807, 2.05) is 25.1 Å². The Kier molecular flexibility index (Phi) is 7.12. The number of rotatable bonds is 8. The van der Waals surface area contributed by atoms with Crippen LogP contribution >= 0.6 is 0 Å². The van der Waals surface area contributed by atoms with E-state index in [-0.39, 0.29) is 17.4 Å². The molecule has 1 N–H and O–H groups in total. The molecule has 2 aromatic carbocycles. The normalized spacial score (nSPS) is 12.2. The molecule has 0 fully saturated rings. The second-order valence-corrected chi connectivity index (χ2v) is 7.53. The van der Waals surface area contributed by atoms with Crippen molar-refractivity contribution in [2.24, 2.45) is 7.05 Å². The van der Waals surface area contributed by atoms with E-state index in [9.17, 15) is 18.0 Å². The van der Waals surface area contributed by atoms with Crippen molar-refractivity contribution in [3.63, 3.8) is 0 Å². The summed E-state index contributed by atoms with van der Waals surface area (Å²) < 4.78 is 41.2. The van der Waals surface area contributed by atoms with Gasteiger partial charge in [0.2, 0.25) is 5.91 Å². The maximum Gasteiger partial charge on any atom is 0.241 e.